The summed E-state index contributed by atoms with van der Waals surface area (Å²) in [4.78, 5) is 40.2. The highest BCUT2D eigenvalue weighted by Gasteiger charge is 2.33. The van der Waals surface area contributed by atoms with Gasteiger partial charge in [-0.05, 0) is 28.7 Å². The zero-order valence-electron chi connectivity index (χ0n) is 18.2. The Hall–Kier alpha value is -3.60. The van der Waals surface area contributed by atoms with Crippen molar-refractivity contribution in [2.75, 3.05) is 20.3 Å². The quantitative estimate of drug-likeness (QED) is 0.531. The number of aliphatic carboxylic acids is 1. The molecule has 0 aromatic heterocycles. The molecule has 11 heteroatoms. The minimum Gasteiger partial charge on any atom is -0.481 e. The number of carboxylic acid groups (broad SMARTS) is 1. The molecule has 3 rings (SSSR count). The minimum absolute atomic E-state index is 0.0554. The van der Waals surface area contributed by atoms with Crippen molar-refractivity contribution in [2.24, 2.45) is 0 Å². The Labute approximate surface area is 193 Å². The zero-order chi connectivity index (χ0) is 24.9. The molecule has 34 heavy (non-hydrogen) atoms. The first-order chi connectivity index (χ1) is 16.1. The van der Waals surface area contributed by atoms with Gasteiger partial charge in [-0.1, -0.05) is 48.5 Å². The molecule has 0 bridgehead atoms. The first kappa shape index (κ1) is 25.0. The molecule has 1 unspecified atom stereocenters. The molecule has 0 aliphatic heterocycles. The summed E-state index contributed by atoms with van der Waals surface area (Å²) in [5.74, 6) is -2.53. The third-order valence-corrected chi connectivity index (χ3v) is 5.31. The van der Waals surface area contributed by atoms with Gasteiger partial charge in [0.1, 0.15) is 12.6 Å². The lowest BCUT2D eigenvalue weighted by molar-refractivity contribution is -0.241. The number of carbonyl (C=O) groups excluding carboxylic acids is 2. The molecule has 1 aliphatic carbocycles. The number of likely N-dealkylation sites (N-methyl/N-ethyl adjacent to an activating group) is 1. The molecule has 8 nitrogen and oxygen atoms in total. The number of ether oxygens (including phenoxy) is 1. The Kier molecular flexibility index (Phi) is 7.77. The van der Waals surface area contributed by atoms with Crippen LogP contribution in [0.3, 0.4) is 0 Å². The van der Waals surface area contributed by atoms with Crippen molar-refractivity contribution in [1.82, 2.24) is 10.4 Å². The summed E-state index contributed by atoms with van der Waals surface area (Å²) in [5, 5.41) is 11.5. The molecular formula is C23H23F3N2O6. The minimum atomic E-state index is -4.68. The molecule has 0 heterocycles. The van der Waals surface area contributed by atoms with Crippen molar-refractivity contribution in [2.45, 2.75) is 31.0 Å². The smallest absolute Gasteiger partial charge is 0.414 e. The van der Waals surface area contributed by atoms with E-state index in [9.17, 15) is 27.6 Å². The van der Waals surface area contributed by atoms with E-state index in [1.807, 2.05) is 48.5 Å². The van der Waals surface area contributed by atoms with Gasteiger partial charge in [0.25, 0.3) is 5.91 Å². The zero-order valence-corrected chi connectivity index (χ0v) is 18.2. The summed E-state index contributed by atoms with van der Waals surface area (Å²) < 4.78 is 42.5. The van der Waals surface area contributed by atoms with E-state index in [0.717, 1.165) is 29.3 Å². The highest BCUT2D eigenvalue weighted by Crippen LogP contribution is 2.44. The van der Waals surface area contributed by atoms with Crippen LogP contribution in [0.25, 0.3) is 11.1 Å². The van der Waals surface area contributed by atoms with E-state index < -0.39 is 43.2 Å². The van der Waals surface area contributed by atoms with Gasteiger partial charge in [-0.15, -0.1) is 0 Å². The maximum Gasteiger partial charge on any atom is 0.414 e. The predicted octanol–water partition coefficient (Wildman–Crippen LogP) is 3.71. The monoisotopic (exact) mass is 480 g/mol. The second-order valence-corrected chi connectivity index (χ2v) is 7.68. The Morgan fingerprint density at radius 1 is 1.06 bits per heavy atom. The molecule has 2 aromatic rings. The lowest BCUT2D eigenvalue weighted by Crippen LogP contribution is -2.48. The van der Waals surface area contributed by atoms with Gasteiger partial charge < -0.3 is 15.2 Å². The van der Waals surface area contributed by atoms with Crippen molar-refractivity contribution < 1.29 is 42.2 Å². The maximum absolute atomic E-state index is 12.5. The molecule has 1 atom stereocenters. The molecule has 1 aliphatic rings. The number of amides is 2. The van der Waals surface area contributed by atoms with Gasteiger partial charge in [-0.3, -0.25) is 14.4 Å². The van der Waals surface area contributed by atoms with Crippen LogP contribution in [0.2, 0.25) is 0 Å². The molecule has 0 spiro atoms. The standard InChI is InChI=1S/C23H23F3N2O6/c1-28(34-13-23(24,25)26)21(31)19(10-11-20(29)30)27-22(32)33-12-18-16-8-4-2-6-14(16)15-7-3-5-9-17(15)18/h2-9,18-19H,10-13H2,1H3,(H,27,32)(H,29,30). The van der Waals surface area contributed by atoms with E-state index >= 15 is 0 Å². The molecule has 0 saturated carbocycles. The van der Waals surface area contributed by atoms with Gasteiger partial charge >= 0.3 is 18.2 Å². The van der Waals surface area contributed by atoms with Crippen molar-refractivity contribution in [3.05, 3.63) is 59.7 Å². The number of fused-ring (bicyclic) bond motifs is 3. The van der Waals surface area contributed by atoms with E-state index in [1.54, 1.807) is 0 Å². The molecule has 182 valence electrons. The summed E-state index contributed by atoms with van der Waals surface area (Å²) in [6.45, 7) is -1.77. The van der Waals surface area contributed by atoms with E-state index in [2.05, 4.69) is 10.2 Å². The van der Waals surface area contributed by atoms with Crippen LogP contribution in [0.15, 0.2) is 48.5 Å². The van der Waals surface area contributed by atoms with Crippen LogP contribution < -0.4 is 5.32 Å². The SMILES string of the molecule is CN(OCC(F)(F)F)C(=O)C(CCC(=O)O)NC(=O)OCC1c2ccccc2-c2ccccc21. The summed E-state index contributed by atoms with van der Waals surface area (Å²) in [5.41, 5.74) is 3.97. The molecule has 0 saturated heterocycles. The summed E-state index contributed by atoms with van der Waals surface area (Å²) in [6, 6.07) is 13.9. The largest absolute Gasteiger partial charge is 0.481 e. The Morgan fingerprint density at radius 2 is 1.62 bits per heavy atom. The fraction of sp³-hybridized carbons (Fsp3) is 0.348. The first-order valence-electron chi connectivity index (χ1n) is 10.4. The third kappa shape index (κ3) is 6.25. The van der Waals surface area contributed by atoms with Crippen LogP contribution in [0.1, 0.15) is 29.9 Å². The van der Waals surface area contributed by atoms with Crippen molar-refractivity contribution in [3.8, 4) is 11.1 Å². The number of nitrogens with one attached hydrogen (secondary N) is 1. The van der Waals surface area contributed by atoms with Gasteiger partial charge in [0.05, 0.1) is 0 Å². The molecule has 2 N–H and O–H groups in total. The Balaban J connectivity index is 1.65. The summed E-state index contributed by atoms with van der Waals surface area (Å²) in [6.07, 6.45) is -6.55. The second kappa shape index (κ2) is 10.6. The number of alkyl halides is 3. The van der Waals surface area contributed by atoms with Gasteiger partial charge in [-0.25, -0.2) is 9.86 Å². The van der Waals surface area contributed by atoms with Crippen molar-refractivity contribution in [3.63, 3.8) is 0 Å². The second-order valence-electron chi connectivity index (χ2n) is 7.68. The van der Waals surface area contributed by atoms with Crippen LogP contribution >= 0.6 is 0 Å². The number of rotatable bonds is 9. The summed E-state index contributed by atoms with van der Waals surface area (Å²) >= 11 is 0. The number of nitrogens with zero attached hydrogens (tertiary/aromatic N) is 1. The average molecular weight is 480 g/mol. The maximum atomic E-state index is 12.5. The van der Waals surface area contributed by atoms with E-state index in [-0.39, 0.29) is 18.9 Å². The third-order valence-electron chi connectivity index (χ3n) is 5.31. The number of carboxylic acids is 1. The number of alkyl carbamates (subject to hydrolysis) is 1. The van der Waals surface area contributed by atoms with Crippen molar-refractivity contribution in [1.29, 1.82) is 0 Å². The normalized spacial score (nSPS) is 13.5. The highest BCUT2D eigenvalue weighted by molar-refractivity contribution is 5.85. The van der Waals surface area contributed by atoms with Crippen LogP contribution in [-0.4, -0.2) is 60.6 Å². The topological polar surface area (TPSA) is 105 Å². The fourth-order valence-corrected chi connectivity index (χ4v) is 3.76. The lowest BCUT2D eigenvalue weighted by atomic mass is 9.98. The fourth-order valence-electron chi connectivity index (χ4n) is 3.76. The van der Waals surface area contributed by atoms with Crippen LogP contribution in [0, 0.1) is 0 Å². The van der Waals surface area contributed by atoms with Crippen LogP contribution in [-0.2, 0) is 19.2 Å². The number of halogens is 3. The average Bonchev–Trinajstić information content (AvgIpc) is 3.11. The van der Waals surface area contributed by atoms with Crippen molar-refractivity contribution >= 4 is 18.0 Å². The van der Waals surface area contributed by atoms with Gasteiger partial charge in [0, 0.05) is 19.4 Å². The Morgan fingerprint density at radius 3 is 2.15 bits per heavy atom. The number of hydrogen-bond donors (Lipinski definition) is 2. The molecular weight excluding hydrogens is 457 g/mol. The molecule has 2 aromatic carbocycles. The lowest BCUT2D eigenvalue weighted by Gasteiger charge is -2.24. The Bertz CT molecular complexity index is 1010. The predicted molar refractivity (Wildman–Crippen MR) is 114 cm³/mol. The van der Waals surface area contributed by atoms with Gasteiger partial charge in [0.15, 0.2) is 6.61 Å². The number of benzene rings is 2. The van der Waals surface area contributed by atoms with E-state index in [1.165, 1.54) is 0 Å². The van der Waals surface area contributed by atoms with Gasteiger partial charge in [0.2, 0.25) is 0 Å². The van der Waals surface area contributed by atoms with Crippen LogP contribution in [0.4, 0.5) is 18.0 Å². The summed E-state index contributed by atoms with van der Waals surface area (Å²) in [7, 11) is 0.946. The highest BCUT2D eigenvalue weighted by atomic mass is 19.4. The number of hydrogen-bond acceptors (Lipinski definition) is 5. The van der Waals surface area contributed by atoms with E-state index in [4.69, 9.17) is 9.84 Å². The van der Waals surface area contributed by atoms with Crippen LogP contribution in [0.5, 0.6) is 0 Å². The van der Waals surface area contributed by atoms with Gasteiger partial charge in [-0.2, -0.15) is 13.2 Å². The van der Waals surface area contributed by atoms with E-state index in [0.29, 0.717) is 5.06 Å². The number of hydroxylamine groups is 2. The first-order valence-corrected chi connectivity index (χ1v) is 10.4. The molecule has 0 radical (unpaired) electrons. The molecule has 0 fully saturated rings. The number of carbonyl (C=O) groups is 3. The molecule has 2 amide bonds.